The lowest BCUT2D eigenvalue weighted by atomic mass is 9.94. The fourth-order valence-electron chi connectivity index (χ4n) is 3.18. The summed E-state index contributed by atoms with van der Waals surface area (Å²) in [4.78, 5) is 2.60. The van der Waals surface area contributed by atoms with E-state index >= 15 is 0 Å². The van der Waals surface area contributed by atoms with Gasteiger partial charge in [0.2, 0.25) is 0 Å². The SMILES string of the molecule is CCC1CCCN(CCCC(C)(C#N)NC2CC2)C1. The molecule has 1 saturated carbocycles. The highest BCUT2D eigenvalue weighted by molar-refractivity contribution is 5.07. The van der Waals surface area contributed by atoms with Crippen LogP contribution in [0.4, 0.5) is 0 Å². The van der Waals surface area contributed by atoms with Crippen LogP contribution in [-0.4, -0.2) is 36.1 Å². The molecule has 2 atom stereocenters. The minimum Gasteiger partial charge on any atom is -0.303 e. The highest BCUT2D eigenvalue weighted by Crippen LogP contribution is 2.25. The van der Waals surface area contributed by atoms with Crippen LogP contribution < -0.4 is 5.32 Å². The molecule has 2 unspecified atom stereocenters. The number of hydrogen-bond acceptors (Lipinski definition) is 3. The quantitative estimate of drug-likeness (QED) is 0.767. The zero-order valence-electron chi connectivity index (χ0n) is 12.6. The molecule has 3 heteroatoms. The van der Waals surface area contributed by atoms with Crippen molar-refractivity contribution >= 4 is 0 Å². The maximum atomic E-state index is 9.35. The van der Waals surface area contributed by atoms with Gasteiger partial charge in [-0.15, -0.1) is 0 Å². The second-order valence-corrected chi connectivity index (χ2v) is 6.68. The molecule has 0 aromatic carbocycles. The molecule has 3 nitrogen and oxygen atoms in total. The lowest BCUT2D eigenvalue weighted by Crippen LogP contribution is -2.43. The summed E-state index contributed by atoms with van der Waals surface area (Å²) < 4.78 is 0. The zero-order chi connectivity index (χ0) is 13.7. The van der Waals surface area contributed by atoms with Crippen LogP contribution in [0.15, 0.2) is 0 Å². The van der Waals surface area contributed by atoms with Crippen molar-refractivity contribution in [3.05, 3.63) is 0 Å². The Bertz CT molecular complexity index is 318. The van der Waals surface area contributed by atoms with Gasteiger partial charge in [0, 0.05) is 12.6 Å². The van der Waals surface area contributed by atoms with Gasteiger partial charge in [-0.3, -0.25) is 5.32 Å². The van der Waals surface area contributed by atoms with Crippen LogP contribution in [0.3, 0.4) is 0 Å². The third-order valence-corrected chi connectivity index (χ3v) is 4.68. The molecule has 0 amide bonds. The van der Waals surface area contributed by atoms with Crippen molar-refractivity contribution in [2.75, 3.05) is 19.6 Å². The van der Waals surface area contributed by atoms with Crippen molar-refractivity contribution in [2.45, 2.75) is 70.4 Å². The molecule has 0 spiro atoms. The van der Waals surface area contributed by atoms with Gasteiger partial charge in [-0.05, 0) is 64.5 Å². The van der Waals surface area contributed by atoms with Gasteiger partial charge in [0.25, 0.3) is 0 Å². The zero-order valence-corrected chi connectivity index (χ0v) is 12.6. The van der Waals surface area contributed by atoms with Gasteiger partial charge in [-0.25, -0.2) is 0 Å². The van der Waals surface area contributed by atoms with E-state index < -0.39 is 0 Å². The van der Waals surface area contributed by atoms with Gasteiger partial charge in [-0.1, -0.05) is 13.3 Å². The molecule has 1 N–H and O–H groups in total. The summed E-state index contributed by atoms with van der Waals surface area (Å²) in [5.74, 6) is 0.903. The topological polar surface area (TPSA) is 39.1 Å². The molecule has 108 valence electrons. The molecule has 2 aliphatic rings. The molecule has 1 heterocycles. The van der Waals surface area contributed by atoms with E-state index in [9.17, 15) is 5.26 Å². The highest BCUT2D eigenvalue weighted by atomic mass is 15.1. The monoisotopic (exact) mass is 263 g/mol. The van der Waals surface area contributed by atoms with Crippen LogP contribution in [-0.2, 0) is 0 Å². The molecule has 1 saturated heterocycles. The van der Waals surface area contributed by atoms with Crippen LogP contribution in [0.5, 0.6) is 0 Å². The van der Waals surface area contributed by atoms with E-state index in [-0.39, 0.29) is 5.54 Å². The summed E-state index contributed by atoms with van der Waals surface area (Å²) in [6, 6.07) is 3.09. The van der Waals surface area contributed by atoms with Crippen molar-refractivity contribution in [1.29, 1.82) is 5.26 Å². The van der Waals surface area contributed by atoms with E-state index in [1.807, 2.05) is 0 Å². The van der Waals surface area contributed by atoms with Crippen molar-refractivity contribution in [3.63, 3.8) is 0 Å². The number of nitriles is 1. The minimum absolute atomic E-state index is 0.304. The maximum Gasteiger partial charge on any atom is 0.104 e. The first kappa shape index (κ1) is 14.8. The van der Waals surface area contributed by atoms with Crippen LogP contribution in [0, 0.1) is 17.2 Å². The Morgan fingerprint density at radius 3 is 2.79 bits per heavy atom. The summed E-state index contributed by atoms with van der Waals surface area (Å²) >= 11 is 0. The van der Waals surface area contributed by atoms with Crippen molar-refractivity contribution in [2.24, 2.45) is 5.92 Å². The highest BCUT2D eigenvalue weighted by Gasteiger charge is 2.32. The molecule has 0 aromatic rings. The van der Waals surface area contributed by atoms with Crippen LogP contribution in [0.25, 0.3) is 0 Å². The van der Waals surface area contributed by atoms with Gasteiger partial charge < -0.3 is 4.90 Å². The van der Waals surface area contributed by atoms with E-state index in [1.165, 1.54) is 51.7 Å². The van der Waals surface area contributed by atoms with Gasteiger partial charge >= 0.3 is 0 Å². The first-order chi connectivity index (χ1) is 9.15. The van der Waals surface area contributed by atoms with E-state index in [0.717, 1.165) is 18.8 Å². The standard InChI is InChI=1S/C16H29N3/c1-3-14-6-4-10-19(12-14)11-5-9-16(2,13-17)18-15-7-8-15/h14-15,18H,3-12H2,1-2H3. The third-order valence-electron chi connectivity index (χ3n) is 4.68. The van der Waals surface area contributed by atoms with Gasteiger partial charge in [0.1, 0.15) is 5.54 Å². The molecular weight excluding hydrogens is 234 g/mol. The summed E-state index contributed by atoms with van der Waals surface area (Å²) in [5, 5.41) is 12.8. The van der Waals surface area contributed by atoms with Gasteiger partial charge in [0.05, 0.1) is 6.07 Å². The second kappa shape index (κ2) is 6.72. The molecule has 2 fully saturated rings. The van der Waals surface area contributed by atoms with Gasteiger partial charge in [-0.2, -0.15) is 5.26 Å². The predicted octanol–water partition coefficient (Wildman–Crippen LogP) is 2.92. The minimum atomic E-state index is -0.304. The molecule has 1 aliphatic carbocycles. The Balaban J connectivity index is 1.68. The maximum absolute atomic E-state index is 9.35. The Morgan fingerprint density at radius 1 is 1.37 bits per heavy atom. The largest absolute Gasteiger partial charge is 0.303 e. The van der Waals surface area contributed by atoms with E-state index in [4.69, 9.17) is 0 Å². The van der Waals surface area contributed by atoms with Gasteiger partial charge in [0.15, 0.2) is 0 Å². The molecule has 0 bridgehead atoms. The van der Waals surface area contributed by atoms with E-state index in [1.54, 1.807) is 0 Å². The number of hydrogen-bond donors (Lipinski definition) is 1. The first-order valence-electron chi connectivity index (χ1n) is 8.06. The Morgan fingerprint density at radius 2 is 2.16 bits per heavy atom. The van der Waals surface area contributed by atoms with Crippen LogP contribution in [0.2, 0.25) is 0 Å². The molecule has 19 heavy (non-hydrogen) atoms. The number of nitrogens with zero attached hydrogens (tertiary/aromatic N) is 2. The van der Waals surface area contributed by atoms with Crippen LogP contribution >= 0.6 is 0 Å². The van der Waals surface area contributed by atoms with Crippen LogP contribution in [0.1, 0.15) is 58.8 Å². The fraction of sp³-hybridized carbons (Fsp3) is 0.938. The summed E-state index contributed by atoms with van der Waals surface area (Å²) in [7, 11) is 0. The average Bonchev–Trinajstić information content (AvgIpc) is 3.23. The fourth-order valence-corrected chi connectivity index (χ4v) is 3.18. The lowest BCUT2D eigenvalue weighted by Gasteiger charge is -2.33. The number of likely N-dealkylation sites (tertiary alicyclic amines) is 1. The third kappa shape index (κ3) is 4.78. The molecule has 0 radical (unpaired) electrons. The van der Waals surface area contributed by atoms with E-state index in [0.29, 0.717) is 6.04 Å². The van der Waals surface area contributed by atoms with Crippen molar-refractivity contribution in [1.82, 2.24) is 10.2 Å². The molecular formula is C16H29N3. The molecule has 0 aromatic heterocycles. The summed E-state index contributed by atoms with van der Waals surface area (Å²) in [5.41, 5.74) is -0.304. The van der Waals surface area contributed by atoms with E-state index in [2.05, 4.69) is 30.1 Å². The number of piperidine rings is 1. The summed E-state index contributed by atoms with van der Waals surface area (Å²) in [6.45, 7) is 8.07. The second-order valence-electron chi connectivity index (χ2n) is 6.68. The Hall–Kier alpha value is -0.590. The normalized spacial score (nSPS) is 27.7. The Kier molecular flexibility index (Phi) is 5.24. The smallest absolute Gasteiger partial charge is 0.104 e. The molecule has 1 aliphatic heterocycles. The number of nitrogens with one attached hydrogen (secondary N) is 1. The summed E-state index contributed by atoms with van der Waals surface area (Å²) in [6.07, 6.45) is 8.70. The van der Waals surface area contributed by atoms with Crippen molar-refractivity contribution < 1.29 is 0 Å². The molecule has 2 rings (SSSR count). The Labute approximate surface area is 118 Å². The number of rotatable bonds is 7. The lowest BCUT2D eigenvalue weighted by molar-refractivity contribution is 0.166. The first-order valence-corrected chi connectivity index (χ1v) is 8.06. The van der Waals surface area contributed by atoms with Crippen molar-refractivity contribution in [3.8, 4) is 6.07 Å². The predicted molar refractivity (Wildman–Crippen MR) is 78.9 cm³/mol. The average molecular weight is 263 g/mol.